The van der Waals surface area contributed by atoms with Crippen LogP contribution < -0.4 is 14.7 Å². The molecule has 28 heavy (non-hydrogen) atoms. The molecule has 7 nitrogen and oxygen atoms in total. The first-order valence-electron chi connectivity index (χ1n) is 9.61. The molecule has 0 spiro atoms. The van der Waals surface area contributed by atoms with Gasteiger partial charge in [0.15, 0.2) is 0 Å². The lowest BCUT2D eigenvalue weighted by molar-refractivity contribution is 0.312. The second-order valence-corrected chi connectivity index (χ2v) is 7.23. The maximum absolute atomic E-state index is 13.9. The zero-order chi connectivity index (χ0) is 19.5. The van der Waals surface area contributed by atoms with E-state index < -0.39 is 5.82 Å². The number of nitriles is 1. The van der Waals surface area contributed by atoms with Crippen LogP contribution in [0.25, 0.3) is 0 Å². The minimum Gasteiger partial charge on any atom is -0.367 e. The van der Waals surface area contributed by atoms with Gasteiger partial charge in [-0.3, -0.25) is 0 Å². The summed E-state index contributed by atoms with van der Waals surface area (Å²) < 4.78 is 13.9. The molecule has 2 aliphatic heterocycles. The number of nitrogens with zero attached hydrogens (tertiary/aromatic N) is 7. The van der Waals surface area contributed by atoms with E-state index in [9.17, 15) is 9.65 Å². The van der Waals surface area contributed by atoms with Crippen molar-refractivity contribution in [3.8, 4) is 6.07 Å². The Morgan fingerprint density at radius 2 is 1.61 bits per heavy atom. The molecule has 0 unspecified atom stereocenters. The topological polar surface area (TPSA) is 62.5 Å². The van der Waals surface area contributed by atoms with Crippen molar-refractivity contribution in [2.45, 2.75) is 0 Å². The molecule has 0 bridgehead atoms. The Hall–Kier alpha value is -2.92. The van der Waals surface area contributed by atoms with Gasteiger partial charge in [-0.1, -0.05) is 6.07 Å². The third kappa shape index (κ3) is 3.71. The highest BCUT2D eigenvalue weighted by Crippen LogP contribution is 2.25. The van der Waals surface area contributed by atoms with Crippen molar-refractivity contribution in [2.75, 3.05) is 74.1 Å². The molecule has 2 aliphatic rings. The molecular weight excluding hydrogens is 357 g/mol. The van der Waals surface area contributed by atoms with Gasteiger partial charge >= 0.3 is 0 Å². The van der Waals surface area contributed by atoms with Gasteiger partial charge in [-0.15, -0.1) is 0 Å². The SMILES string of the molecule is CN1CCN(c2ccnc(N3CCN(c4cccc(F)c4C#N)CC3)n2)CC1. The average Bonchev–Trinajstić information content (AvgIpc) is 2.74. The molecule has 2 fully saturated rings. The van der Waals surface area contributed by atoms with E-state index in [0.717, 1.165) is 51.0 Å². The van der Waals surface area contributed by atoms with E-state index in [0.29, 0.717) is 18.8 Å². The first-order valence-corrected chi connectivity index (χ1v) is 9.61. The Morgan fingerprint density at radius 3 is 2.32 bits per heavy atom. The maximum Gasteiger partial charge on any atom is 0.227 e. The molecule has 1 aromatic heterocycles. The smallest absolute Gasteiger partial charge is 0.227 e. The summed E-state index contributed by atoms with van der Waals surface area (Å²) in [5.41, 5.74) is 0.776. The van der Waals surface area contributed by atoms with Gasteiger partial charge in [0.1, 0.15) is 23.3 Å². The van der Waals surface area contributed by atoms with Crippen LogP contribution in [0.5, 0.6) is 0 Å². The predicted octanol–water partition coefficient (Wildman–Crippen LogP) is 1.57. The number of benzene rings is 1. The van der Waals surface area contributed by atoms with Gasteiger partial charge in [-0.25, -0.2) is 9.37 Å². The Kier molecular flexibility index (Phi) is 5.26. The predicted molar refractivity (Wildman–Crippen MR) is 107 cm³/mol. The van der Waals surface area contributed by atoms with Crippen molar-refractivity contribution in [2.24, 2.45) is 0 Å². The number of piperazine rings is 2. The molecule has 0 saturated carbocycles. The molecule has 0 N–H and O–H groups in total. The molecule has 2 aromatic rings. The number of rotatable bonds is 3. The highest BCUT2D eigenvalue weighted by molar-refractivity contribution is 5.60. The van der Waals surface area contributed by atoms with Gasteiger partial charge < -0.3 is 19.6 Å². The lowest BCUT2D eigenvalue weighted by atomic mass is 10.1. The first kappa shape index (κ1) is 18.4. The first-order chi connectivity index (χ1) is 13.7. The van der Waals surface area contributed by atoms with Crippen LogP contribution in [0.1, 0.15) is 5.56 Å². The lowest BCUT2D eigenvalue weighted by Crippen LogP contribution is -2.48. The molecular formula is C20H24FN7. The van der Waals surface area contributed by atoms with Gasteiger partial charge in [-0.05, 0) is 25.2 Å². The molecule has 0 amide bonds. The van der Waals surface area contributed by atoms with Crippen LogP contribution >= 0.6 is 0 Å². The van der Waals surface area contributed by atoms with E-state index >= 15 is 0 Å². The summed E-state index contributed by atoms with van der Waals surface area (Å²) in [6.45, 7) is 6.86. The van der Waals surface area contributed by atoms with Crippen LogP contribution in [0.2, 0.25) is 0 Å². The van der Waals surface area contributed by atoms with Crippen molar-refractivity contribution < 1.29 is 4.39 Å². The van der Waals surface area contributed by atoms with Crippen molar-refractivity contribution in [3.63, 3.8) is 0 Å². The number of aromatic nitrogens is 2. The summed E-state index contributed by atoms with van der Waals surface area (Å²) in [6, 6.07) is 8.75. The van der Waals surface area contributed by atoms with E-state index in [4.69, 9.17) is 4.98 Å². The van der Waals surface area contributed by atoms with Gasteiger partial charge in [0.05, 0.1) is 5.69 Å². The van der Waals surface area contributed by atoms with Crippen LogP contribution in [-0.2, 0) is 0 Å². The normalized spacial score (nSPS) is 18.2. The van der Waals surface area contributed by atoms with Crippen molar-refractivity contribution in [3.05, 3.63) is 41.8 Å². The third-order valence-electron chi connectivity index (χ3n) is 5.46. The average molecular weight is 381 g/mol. The fraction of sp³-hybridized carbons (Fsp3) is 0.450. The fourth-order valence-electron chi connectivity index (χ4n) is 3.74. The standard InChI is InChI=1S/C20H24FN7/c1-25-7-9-27(10-8-25)19-5-6-23-20(24-19)28-13-11-26(12-14-28)18-4-2-3-17(21)16(18)15-22/h2-6H,7-14H2,1H3. The molecule has 0 radical (unpaired) electrons. The number of likely N-dealkylation sites (N-methyl/N-ethyl adjacent to an activating group) is 1. The largest absolute Gasteiger partial charge is 0.367 e. The quantitative estimate of drug-likeness (QED) is 0.800. The summed E-state index contributed by atoms with van der Waals surface area (Å²) in [6.07, 6.45) is 1.82. The highest BCUT2D eigenvalue weighted by Gasteiger charge is 2.23. The van der Waals surface area contributed by atoms with E-state index in [-0.39, 0.29) is 5.56 Å². The van der Waals surface area contributed by atoms with Crippen molar-refractivity contribution in [1.82, 2.24) is 14.9 Å². The Balaban J connectivity index is 1.44. The molecule has 1 aromatic carbocycles. The number of hydrogen-bond donors (Lipinski definition) is 0. The van der Waals surface area contributed by atoms with E-state index in [2.05, 4.69) is 31.6 Å². The molecule has 2 saturated heterocycles. The fourth-order valence-corrected chi connectivity index (χ4v) is 3.74. The van der Waals surface area contributed by atoms with Crippen LogP contribution in [-0.4, -0.2) is 74.3 Å². The van der Waals surface area contributed by atoms with E-state index in [1.54, 1.807) is 6.07 Å². The molecule has 146 valence electrons. The maximum atomic E-state index is 13.9. The zero-order valence-electron chi connectivity index (χ0n) is 16.1. The van der Waals surface area contributed by atoms with Crippen molar-refractivity contribution >= 4 is 17.5 Å². The highest BCUT2D eigenvalue weighted by atomic mass is 19.1. The van der Waals surface area contributed by atoms with Gasteiger partial charge in [0, 0.05) is 58.6 Å². The van der Waals surface area contributed by atoms with Gasteiger partial charge in [-0.2, -0.15) is 10.2 Å². The minimum absolute atomic E-state index is 0.115. The van der Waals surface area contributed by atoms with E-state index in [1.165, 1.54) is 6.07 Å². The van der Waals surface area contributed by atoms with Crippen LogP contribution in [0.15, 0.2) is 30.5 Å². The lowest BCUT2D eigenvalue weighted by Gasteiger charge is -2.37. The molecule has 0 atom stereocenters. The number of anilines is 3. The molecule has 4 rings (SSSR count). The Labute approximate surface area is 164 Å². The summed E-state index contributed by atoms with van der Waals surface area (Å²) in [5, 5.41) is 9.28. The van der Waals surface area contributed by atoms with Crippen molar-refractivity contribution in [1.29, 1.82) is 5.26 Å². The second-order valence-electron chi connectivity index (χ2n) is 7.23. The molecule has 3 heterocycles. The van der Waals surface area contributed by atoms with Gasteiger partial charge in [0.2, 0.25) is 5.95 Å². The van der Waals surface area contributed by atoms with Crippen LogP contribution in [0.3, 0.4) is 0 Å². The summed E-state index contributed by atoms with van der Waals surface area (Å²) in [7, 11) is 2.14. The molecule has 0 aliphatic carbocycles. The van der Waals surface area contributed by atoms with Crippen LogP contribution in [0, 0.1) is 17.1 Å². The van der Waals surface area contributed by atoms with E-state index in [1.807, 2.05) is 24.4 Å². The number of halogens is 1. The van der Waals surface area contributed by atoms with Gasteiger partial charge in [0.25, 0.3) is 0 Å². The Morgan fingerprint density at radius 1 is 0.929 bits per heavy atom. The second kappa shape index (κ2) is 7.98. The number of hydrogen-bond acceptors (Lipinski definition) is 7. The third-order valence-corrected chi connectivity index (χ3v) is 5.46. The van der Waals surface area contributed by atoms with Crippen LogP contribution in [0.4, 0.5) is 21.8 Å². The zero-order valence-corrected chi connectivity index (χ0v) is 16.1. The monoisotopic (exact) mass is 381 g/mol. The summed E-state index contributed by atoms with van der Waals surface area (Å²) in [4.78, 5) is 18.1. The molecule has 8 heteroatoms. The Bertz CT molecular complexity index is 865. The minimum atomic E-state index is -0.467. The summed E-state index contributed by atoms with van der Waals surface area (Å²) >= 11 is 0. The summed E-state index contributed by atoms with van der Waals surface area (Å²) in [5.74, 6) is 1.24.